The first-order valence-electron chi connectivity index (χ1n) is 5.73. The average molecular weight is 319 g/mol. The van der Waals surface area contributed by atoms with Crippen LogP contribution >= 0.6 is 12.2 Å². The van der Waals surface area contributed by atoms with Crippen molar-refractivity contribution in [2.75, 3.05) is 21.3 Å². The molecule has 0 saturated carbocycles. The van der Waals surface area contributed by atoms with Gasteiger partial charge in [-0.05, 0) is 24.4 Å². The Balaban J connectivity index is 3.05. The molecule has 0 atom stereocenters. The van der Waals surface area contributed by atoms with Crippen LogP contribution in [0.3, 0.4) is 0 Å². The SMILES string of the molecule is CNC(=S)N/N=C\c1cc(OC)c(OC(F)F)c(OC)c1. The maximum Gasteiger partial charge on any atom is 0.387 e. The number of hydrogen-bond donors (Lipinski definition) is 2. The van der Waals surface area contributed by atoms with Crippen LogP contribution in [0.25, 0.3) is 0 Å². The molecule has 1 aromatic carbocycles. The second kappa shape index (κ2) is 8.20. The van der Waals surface area contributed by atoms with Gasteiger partial charge < -0.3 is 19.5 Å². The van der Waals surface area contributed by atoms with Gasteiger partial charge in [-0.2, -0.15) is 13.9 Å². The summed E-state index contributed by atoms with van der Waals surface area (Å²) < 4.78 is 39.2. The van der Waals surface area contributed by atoms with Gasteiger partial charge in [-0.15, -0.1) is 0 Å². The van der Waals surface area contributed by atoms with Crippen molar-refractivity contribution in [2.45, 2.75) is 6.61 Å². The fraction of sp³-hybridized carbons (Fsp3) is 0.333. The third-order valence-electron chi connectivity index (χ3n) is 2.30. The number of hydrogen-bond acceptors (Lipinski definition) is 5. The zero-order valence-corrected chi connectivity index (χ0v) is 12.5. The molecule has 0 bridgehead atoms. The van der Waals surface area contributed by atoms with E-state index in [-0.39, 0.29) is 17.2 Å². The van der Waals surface area contributed by atoms with Crippen molar-refractivity contribution in [3.05, 3.63) is 17.7 Å². The Morgan fingerprint density at radius 3 is 2.29 bits per heavy atom. The molecule has 2 N–H and O–H groups in total. The van der Waals surface area contributed by atoms with Crippen molar-refractivity contribution < 1.29 is 23.0 Å². The number of nitrogens with one attached hydrogen (secondary N) is 2. The van der Waals surface area contributed by atoms with E-state index < -0.39 is 6.61 Å². The van der Waals surface area contributed by atoms with E-state index in [1.165, 1.54) is 32.6 Å². The lowest BCUT2D eigenvalue weighted by atomic mass is 10.2. The highest BCUT2D eigenvalue weighted by atomic mass is 32.1. The monoisotopic (exact) mass is 319 g/mol. The zero-order chi connectivity index (χ0) is 15.8. The summed E-state index contributed by atoms with van der Waals surface area (Å²) in [5.41, 5.74) is 3.11. The summed E-state index contributed by atoms with van der Waals surface area (Å²) in [6.45, 7) is -2.98. The molecule has 0 saturated heterocycles. The Hall–Kier alpha value is -2.16. The molecule has 9 heteroatoms. The molecule has 0 aromatic heterocycles. The zero-order valence-electron chi connectivity index (χ0n) is 11.6. The summed E-state index contributed by atoms with van der Waals surface area (Å²) in [5, 5.41) is 6.89. The fourth-order valence-corrected chi connectivity index (χ4v) is 1.45. The highest BCUT2D eigenvalue weighted by Gasteiger charge is 2.17. The highest BCUT2D eigenvalue weighted by Crippen LogP contribution is 2.39. The lowest BCUT2D eigenvalue weighted by Gasteiger charge is -2.14. The lowest BCUT2D eigenvalue weighted by Crippen LogP contribution is -2.28. The number of ether oxygens (including phenoxy) is 3. The van der Waals surface area contributed by atoms with Crippen LogP contribution in [-0.2, 0) is 0 Å². The van der Waals surface area contributed by atoms with Crippen molar-refractivity contribution in [3.8, 4) is 17.2 Å². The van der Waals surface area contributed by atoms with Crippen LogP contribution in [0.2, 0.25) is 0 Å². The van der Waals surface area contributed by atoms with Gasteiger partial charge in [0.15, 0.2) is 16.6 Å². The van der Waals surface area contributed by atoms with Crippen molar-refractivity contribution in [1.82, 2.24) is 10.7 Å². The van der Waals surface area contributed by atoms with Crippen LogP contribution in [0.5, 0.6) is 17.2 Å². The number of rotatable bonds is 6. The Morgan fingerprint density at radius 2 is 1.86 bits per heavy atom. The number of nitrogens with zero attached hydrogens (tertiary/aromatic N) is 1. The molecular formula is C12H15F2N3O3S. The topological polar surface area (TPSA) is 64.1 Å². The predicted molar refractivity (Wildman–Crippen MR) is 78.6 cm³/mol. The van der Waals surface area contributed by atoms with Gasteiger partial charge >= 0.3 is 6.61 Å². The number of methoxy groups -OCH3 is 2. The molecule has 0 spiro atoms. The largest absolute Gasteiger partial charge is 0.493 e. The Morgan fingerprint density at radius 1 is 1.29 bits per heavy atom. The van der Waals surface area contributed by atoms with E-state index in [0.717, 1.165) is 0 Å². The summed E-state index contributed by atoms with van der Waals surface area (Å²) >= 11 is 4.85. The van der Waals surface area contributed by atoms with Gasteiger partial charge in [0, 0.05) is 12.6 Å². The Bertz CT molecular complexity index is 501. The Labute approximate surface area is 126 Å². The molecule has 0 fully saturated rings. The second-order valence-electron chi connectivity index (χ2n) is 3.58. The van der Waals surface area contributed by atoms with Crippen molar-refractivity contribution in [1.29, 1.82) is 0 Å². The molecule has 1 aromatic rings. The molecule has 0 amide bonds. The highest BCUT2D eigenvalue weighted by molar-refractivity contribution is 7.80. The van der Waals surface area contributed by atoms with Crippen molar-refractivity contribution >= 4 is 23.5 Å². The van der Waals surface area contributed by atoms with E-state index >= 15 is 0 Å². The molecule has 21 heavy (non-hydrogen) atoms. The van der Waals surface area contributed by atoms with Crippen molar-refractivity contribution in [2.24, 2.45) is 5.10 Å². The van der Waals surface area contributed by atoms with Crippen LogP contribution in [-0.4, -0.2) is 39.2 Å². The normalized spacial score (nSPS) is 10.6. The summed E-state index contributed by atoms with van der Waals surface area (Å²) in [6, 6.07) is 2.96. The minimum Gasteiger partial charge on any atom is -0.493 e. The van der Waals surface area contributed by atoms with E-state index in [0.29, 0.717) is 10.7 Å². The standard InChI is InChI=1S/C12H15F2N3O3S/c1-15-12(21)17-16-6-7-4-8(18-2)10(20-11(13)14)9(5-7)19-3/h4-6,11H,1-3H3,(H2,15,17,21)/b16-6-. The van der Waals surface area contributed by atoms with Crippen molar-refractivity contribution in [3.63, 3.8) is 0 Å². The van der Waals surface area contributed by atoms with E-state index in [1.807, 2.05) is 0 Å². The van der Waals surface area contributed by atoms with Crippen LogP contribution in [0.1, 0.15) is 5.56 Å². The van der Waals surface area contributed by atoms with Crippen LogP contribution in [0.15, 0.2) is 17.2 Å². The summed E-state index contributed by atoms with van der Waals surface area (Å²) in [5.74, 6) is 0.0328. The average Bonchev–Trinajstić information content (AvgIpc) is 2.47. The molecule has 0 heterocycles. The smallest absolute Gasteiger partial charge is 0.387 e. The van der Waals surface area contributed by atoms with E-state index in [2.05, 4.69) is 20.6 Å². The Kier molecular flexibility index (Phi) is 6.60. The van der Waals surface area contributed by atoms with Gasteiger partial charge in [-0.25, -0.2) is 0 Å². The van der Waals surface area contributed by atoms with Gasteiger partial charge in [0.25, 0.3) is 0 Å². The molecule has 6 nitrogen and oxygen atoms in total. The van der Waals surface area contributed by atoms with Crippen LogP contribution in [0.4, 0.5) is 8.78 Å². The first-order chi connectivity index (χ1) is 10.0. The van der Waals surface area contributed by atoms with Crippen LogP contribution < -0.4 is 25.0 Å². The molecule has 0 unspecified atom stereocenters. The number of hydrazone groups is 1. The number of thiocarbonyl (C=S) groups is 1. The first kappa shape index (κ1) is 16.9. The van der Waals surface area contributed by atoms with Gasteiger partial charge in [0.2, 0.25) is 5.75 Å². The summed E-state index contributed by atoms with van der Waals surface area (Å²) in [7, 11) is 4.32. The molecular weight excluding hydrogens is 304 g/mol. The molecule has 0 radical (unpaired) electrons. The maximum absolute atomic E-state index is 12.4. The summed E-state index contributed by atoms with van der Waals surface area (Å²) in [6.07, 6.45) is 1.43. The summed E-state index contributed by atoms with van der Waals surface area (Å²) in [4.78, 5) is 0. The number of halogens is 2. The third kappa shape index (κ3) is 5.03. The van der Waals surface area contributed by atoms with E-state index in [9.17, 15) is 8.78 Å². The molecule has 116 valence electrons. The van der Waals surface area contributed by atoms with E-state index in [4.69, 9.17) is 21.7 Å². The first-order valence-corrected chi connectivity index (χ1v) is 6.14. The molecule has 0 aliphatic rings. The molecule has 0 aliphatic heterocycles. The van der Waals surface area contributed by atoms with Gasteiger partial charge in [-0.1, -0.05) is 0 Å². The maximum atomic E-state index is 12.4. The third-order valence-corrected chi connectivity index (χ3v) is 2.59. The van der Waals surface area contributed by atoms with Gasteiger partial charge in [0.05, 0.1) is 20.4 Å². The quantitative estimate of drug-likeness (QED) is 0.473. The number of alkyl halides is 2. The van der Waals surface area contributed by atoms with E-state index in [1.54, 1.807) is 7.05 Å². The minimum absolute atomic E-state index is 0.104. The van der Waals surface area contributed by atoms with Crippen LogP contribution in [0, 0.1) is 0 Å². The minimum atomic E-state index is -2.98. The fourth-order valence-electron chi connectivity index (χ4n) is 1.40. The predicted octanol–water partition coefficient (Wildman–Crippen LogP) is 1.73. The lowest BCUT2D eigenvalue weighted by molar-refractivity contribution is -0.0526. The second-order valence-corrected chi connectivity index (χ2v) is 3.99. The molecule has 1 rings (SSSR count). The van der Waals surface area contributed by atoms with Gasteiger partial charge in [-0.3, -0.25) is 5.43 Å². The van der Waals surface area contributed by atoms with Gasteiger partial charge in [0.1, 0.15) is 0 Å². The number of benzene rings is 1. The molecule has 0 aliphatic carbocycles.